The molecular formula is C55H43N3. The van der Waals surface area contributed by atoms with Gasteiger partial charge in [0.25, 0.3) is 0 Å². The van der Waals surface area contributed by atoms with E-state index in [0.29, 0.717) is 11.8 Å². The van der Waals surface area contributed by atoms with E-state index < -0.39 is 0 Å². The van der Waals surface area contributed by atoms with Crippen LogP contribution in [-0.2, 0) is 0 Å². The van der Waals surface area contributed by atoms with Gasteiger partial charge in [-0.2, -0.15) is 0 Å². The van der Waals surface area contributed by atoms with Crippen molar-refractivity contribution in [3.8, 4) is 22.3 Å². The topological polar surface area (TPSA) is 31.1 Å². The fourth-order valence-corrected chi connectivity index (χ4v) is 8.52. The molecule has 2 heterocycles. The zero-order valence-corrected chi connectivity index (χ0v) is 32.4. The van der Waals surface area contributed by atoms with E-state index in [9.17, 15) is 0 Å². The molecule has 2 aliphatic rings. The predicted octanol–water partition coefficient (Wildman–Crippen LogP) is 15.0. The van der Waals surface area contributed by atoms with E-state index in [0.717, 1.165) is 67.2 Å². The van der Waals surface area contributed by atoms with Crippen LogP contribution in [0, 0.1) is 5.92 Å². The number of aromatic nitrogens is 1. The Morgan fingerprint density at radius 3 is 2.14 bits per heavy atom. The number of allylic oxidation sites excluding steroid dienone is 8. The molecule has 3 heteroatoms. The zero-order valence-electron chi connectivity index (χ0n) is 32.4. The first kappa shape index (κ1) is 35.1. The Morgan fingerprint density at radius 2 is 1.29 bits per heavy atom. The monoisotopic (exact) mass is 745 g/mol. The van der Waals surface area contributed by atoms with Gasteiger partial charge in [-0.1, -0.05) is 141 Å². The molecule has 0 saturated heterocycles. The summed E-state index contributed by atoms with van der Waals surface area (Å²) in [5.41, 5.74) is 16.8. The number of H-pyrrole nitrogens is 1. The van der Waals surface area contributed by atoms with Gasteiger partial charge >= 0.3 is 0 Å². The minimum atomic E-state index is 0.375. The predicted molar refractivity (Wildman–Crippen MR) is 248 cm³/mol. The van der Waals surface area contributed by atoms with Gasteiger partial charge in [0.1, 0.15) is 0 Å². The van der Waals surface area contributed by atoms with Gasteiger partial charge in [-0.05, 0) is 118 Å². The lowest BCUT2D eigenvalue weighted by molar-refractivity contribution is 0.635. The number of benzene rings is 7. The summed E-state index contributed by atoms with van der Waals surface area (Å²) in [4.78, 5) is 5.89. The molecular weight excluding hydrogens is 703 g/mol. The second kappa shape index (κ2) is 14.9. The van der Waals surface area contributed by atoms with Gasteiger partial charge < -0.3 is 15.2 Å². The van der Waals surface area contributed by atoms with Crippen LogP contribution in [0.15, 0.2) is 213 Å². The summed E-state index contributed by atoms with van der Waals surface area (Å²) >= 11 is 0. The number of fused-ring (bicyclic) bond motifs is 4. The van der Waals surface area contributed by atoms with Crippen molar-refractivity contribution in [2.45, 2.75) is 12.8 Å². The average Bonchev–Trinajstić information content (AvgIpc) is 3.65. The van der Waals surface area contributed by atoms with Gasteiger partial charge in [-0.25, -0.2) is 0 Å². The zero-order chi connectivity index (χ0) is 39.0. The van der Waals surface area contributed by atoms with E-state index in [4.69, 9.17) is 0 Å². The van der Waals surface area contributed by atoms with Crippen LogP contribution in [0.3, 0.4) is 0 Å². The van der Waals surface area contributed by atoms with Gasteiger partial charge in [-0.15, -0.1) is 0 Å². The van der Waals surface area contributed by atoms with E-state index in [2.05, 4.69) is 235 Å². The van der Waals surface area contributed by atoms with E-state index >= 15 is 0 Å². The number of rotatable bonds is 7. The molecule has 10 rings (SSSR count). The first-order chi connectivity index (χ1) is 28.6. The molecule has 0 saturated carbocycles. The van der Waals surface area contributed by atoms with Gasteiger partial charge in [-0.3, -0.25) is 0 Å². The smallest absolute Gasteiger partial charge is 0.0533 e. The fraction of sp³-hybridized carbons (Fsp3) is 0.0545. The van der Waals surface area contributed by atoms with Crippen molar-refractivity contribution in [2.75, 3.05) is 10.2 Å². The molecule has 1 aliphatic carbocycles. The molecule has 1 aliphatic heterocycles. The van der Waals surface area contributed by atoms with Crippen LogP contribution in [0.25, 0.3) is 55.2 Å². The average molecular weight is 746 g/mol. The quantitative estimate of drug-likeness (QED) is 0.170. The number of para-hydroxylation sites is 2. The fourth-order valence-electron chi connectivity index (χ4n) is 8.52. The molecule has 278 valence electrons. The van der Waals surface area contributed by atoms with Gasteiger partial charge in [0, 0.05) is 62.1 Å². The SMILES string of the molecule is C=C1/C=C(c2ccc(Nc3ccc(-c4ccccc4)cc3)c(-c3ccc4[nH]c5ccccc5c4c3)c2)\C=C/N(c2ccc(C3C=CC=CC3C)cc2)c2ccccc21. The van der Waals surface area contributed by atoms with E-state index in [1.807, 2.05) is 0 Å². The summed E-state index contributed by atoms with van der Waals surface area (Å²) in [5.74, 6) is 0.839. The summed E-state index contributed by atoms with van der Waals surface area (Å²) in [5, 5.41) is 6.21. The first-order valence-electron chi connectivity index (χ1n) is 20.1. The van der Waals surface area contributed by atoms with Gasteiger partial charge in [0.2, 0.25) is 0 Å². The van der Waals surface area contributed by atoms with Crippen molar-refractivity contribution in [1.82, 2.24) is 4.98 Å². The van der Waals surface area contributed by atoms with Crippen LogP contribution in [0.5, 0.6) is 0 Å². The second-order valence-corrected chi connectivity index (χ2v) is 15.3. The van der Waals surface area contributed by atoms with Crippen molar-refractivity contribution >= 4 is 55.7 Å². The Kier molecular flexibility index (Phi) is 9.04. The number of aromatic amines is 1. The molecule has 2 N–H and O–H groups in total. The molecule has 7 aromatic carbocycles. The van der Waals surface area contributed by atoms with E-state index in [1.165, 1.54) is 27.5 Å². The first-order valence-corrected chi connectivity index (χ1v) is 20.1. The summed E-state index contributed by atoms with van der Waals surface area (Å²) < 4.78 is 0. The maximum absolute atomic E-state index is 4.62. The van der Waals surface area contributed by atoms with Gasteiger partial charge in [0.15, 0.2) is 0 Å². The Morgan fingerprint density at radius 1 is 0.586 bits per heavy atom. The third-order valence-corrected chi connectivity index (χ3v) is 11.7. The Labute approximate surface area is 340 Å². The second-order valence-electron chi connectivity index (χ2n) is 15.3. The highest BCUT2D eigenvalue weighted by Gasteiger charge is 2.20. The molecule has 0 radical (unpaired) electrons. The number of hydrogen-bond acceptors (Lipinski definition) is 2. The molecule has 0 spiro atoms. The van der Waals surface area contributed by atoms with Crippen LogP contribution < -0.4 is 10.2 Å². The number of anilines is 4. The van der Waals surface area contributed by atoms with E-state index in [1.54, 1.807) is 0 Å². The van der Waals surface area contributed by atoms with Crippen molar-refractivity contribution in [2.24, 2.45) is 5.92 Å². The summed E-state index contributed by atoms with van der Waals surface area (Å²) in [7, 11) is 0. The lowest BCUT2D eigenvalue weighted by Gasteiger charge is -2.27. The standard InChI is InChI=1S/C55H43N3/c1-37-12-6-7-15-47(37)41-22-28-46(29-23-41)58-33-32-43(34-38(2)48-16-9-11-19-55(48)58)42-24-30-53(56-45-26-20-40(21-27-45)39-13-4-3-5-14-39)50(35-42)44-25-31-54-51(36-44)49-17-8-10-18-52(49)57-54/h3-37,47,56-57H,2H2,1H3/b33-32-,43-34+. The van der Waals surface area contributed by atoms with Crippen molar-refractivity contribution < 1.29 is 0 Å². The maximum atomic E-state index is 4.62. The number of hydrogen-bond donors (Lipinski definition) is 2. The van der Waals surface area contributed by atoms with Crippen LogP contribution in [-0.4, -0.2) is 4.98 Å². The molecule has 3 nitrogen and oxygen atoms in total. The highest BCUT2D eigenvalue weighted by Crippen LogP contribution is 2.41. The normalized spacial score (nSPS) is 17.7. The molecule has 0 fully saturated rings. The van der Waals surface area contributed by atoms with Crippen molar-refractivity contribution in [3.63, 3.8) is 0 Å². The molecule has 0 amide bonds. The maximum Gasteiger partial charge on any atom is 0.0533 e. The molecule has 0 bridgehead atoms. The molecule has 2 unspecified atom stereocenters. The summed E-state index contributed by atoms with van der Waals surface area (Å²) in [6.07, 6.45) is 15.5. The van der Waals surface area contributed by atoms with Gasteiger partial charge in [0.05, 0.1) is 5.69 Å². The molecule has 58 heavy (non-hydrogen) atoms. The third kappa shape index (κ3) is 6.67. The largest absolute Gasteiger partial charge is 0.355 e. The molecule has 2 atom stereocenters. The van der Waals surface area contributed by atoms with Crippen molar-refractivity contribution in [3.05, 3.63) is 230 Å². The summed E-state index contributed by atoms with van der Waals surface area (Å²) in [6.45, 7) is 6.90. The minimum absolute atomic E-state index is 0.375. The highest BCUT2D eigenvalue weighted by atomic mass is 15.1. The third-order valence-electron chi connectivity index (χ3n) is 11.7. The Bertz CT molecular complexity index is 2940. The molecule has 8 aromatic rings. The Hall–Kier alpha value is -7.36. The lowest BCUT2D eigenvalue weighted by Crippen LogP contribution is -2.12. The highest BCUT2D eigenvalue weighted by molar-refractivity contribution is 6.09. The van der Waals surface area contributed by atoms with Crippen LogP contribution >= 0.6 is 0 Å². The number of nitrogens with one attached hydrogen (secondary N) is 2. The van der Waals surface area contributed by atoms with Crippen molar-refractivity contribution in [1.29, 1.82) is 0 Å². The molecule has 1 aromatic heterocycles. The summed E-state index contributed by atoms with van der Waals surface area (Å²) in [6, 6.07) is 58.8. The number of nitrogens with zero attached hydrogens (tertiary/aromatic N) is 1. The van der Waals surface area contributed by atoms with E-state index in [-0.39, 0.29) is 0 Å². The lowest BCUT2D eigenvalue weighted by atomic mass is 9.84. The minimum Gasteiger partial charge on any atom is -0.355 e. The van der Waals surface area contributed by atoms with Crippen LogP contribution in [0.1, 0.15) is 29.5 Å². The van der Waals surface area contributed by atoms with Crippen LogP contribution in [0.2, 0.25) is 0 Å². The van der Waals surface area contributed by atoms with Crippen LogP contribution in [0.4, 0.5) is 22.7 Å². The Balaban J connectivity index is 1.05.